The van der Waals surface area contributed by atoms with Gasteiger partial charge in [-0.1, -0.05) is 29.8 Å². The molecule has 1 rings (SSSR count). The molecule has 0 bridgehead atoms. The molecule has 0 radical (unpaired) electrons. The summed E-state index contributed by atoms with van der Waals surface area (Å²) in [7, 11) is 0. The van der Waals surface area contributed by atoms with E-state index >= 15 is 0 Å². The molecule has 116 valence electrons. The summed E-state index contributed by atoms with van der Waals surface area (Å²) >= 11 is 0. The molecule has 0 saturated carbocycles. The van der Waals surface area contributed by atoms with Crippen LogP contribution >= 0.6 is 0 Å². The van der Waals surface area contributed by atoms with Crippen LogP contribution in [0.2, 0.25) is 0 Å². The van der Waals surface area contributed by atoms with Crippen molar-refractivity contribution < 1.29 is 19.8 Å². The highest BCUT2D eigenvalue weighted by Crippen LogP contribution is 2.19. The number of nitrogens with one attached hydrogen (secondary N) is 1. The summed E-state index contributed by atoms with van der Waals surface area (Å²) in [5, 5.41) is 21.5. The van der Waals surface area contributed by atoms with Gasteiger partial charge in [0.05, 0.1) is 11.5 Å². The highest BCUT2D eigenvalue weighted by Gasteiger charge is 2.27. The van der Waals surface area contributed by atoms with Crippen LogP contribution in [0.25, 0.3) is 0 Å². The first-order chi connectivity index (χ1) is 9.67. The van der Waals surface area contributed by atoms with Gasteiger partial charge in [0.2, 0.25) is 5.91 Å². The molecule has 3 N–H and O–H groups in total. The van der Waals surface area contributed by atoms with Crippen LogP contribution < -0.4 is 5.32 Å². The van der Waals surface area contributed by atoms with Gasteiger partial charge in [-0.15, -0.1) is 0 Å². The van der Waals surface area contributed by atoms with Gasteiger partial charge in [-0.05, 0) is 32.8 Å². The average molecular weight is 293 g/mol. The average Bonchev–Trinajstić information content (AvgIpc) is 2.34. The van der Waals surface area contributed by atoms with Crippen LogP contribution in [0, 0.1) is 12.8 Å². The number of carbonyl (C=O) groups excluding carboxylic acids is 1. The number of hydrogen-bond acceptors (Lipinski definition) is 3. The van der Waals surface area contributed by atoms with Gasteiger partial charge in [0.1, 0.15) is 0 Å². The van der Waals surface area contributed by atoms with Crippen LogP contribution in [0.3, 0.4) is 0 Å². The second-order valence-electron chi connectivity index (χ2n) is 6.02. The van der Waals surface area contributed by atoms with Crippen LogP contribution in [0.4, 0.5) is 0 Å². The van der Waals surface area contributed by atoms with E-state index in [0.717, 1.165) is 11.1 Å². The van der Waals surface area contributed by atoms with E-state index in [1.165, 1.54) is 13.8 Å². The monoisotopic (exact) mass is 293 g/mol. The Labute approximate surface area is 125 Å². The molecule has 0 fully saturated rings. The first kappa shape index (κ1) is 17.2. The zero-order valence-corrected chi connectivity index (χ0v) is 12.7. The zero-order chi connectivity index (χ0) is 16.0. The maximum absolute atomic E-state index is 11.8. The Bertz CT molecular complexity index is 505. The molecule has 1 atom stereocenters. The van der Waals surface area contributed by atoms with Gasteiger partial charge < -0.3 is 15.5 Å². The summed E-state index contributed by atoms with van der Waals surface area (Å²) in [5.41, 5.74) is 0.963. The largest absolute Gasteiger partial charge is 0.481 e. The van der Waals surface area contributed by atoms with E-state index in [-0.39, 0.29) is 18.7 Å². The number of amides is 1. The zero-order valence-electron chi connectivity index (χ0n) is 12.7. The third kappa shape index (κ3) is 6.90. The Kier molecular flexibility index (Phi) is 5.90. The predicted molar refractivity (Wildman–Crippen MR) is 79.7 cm³/mol. The summed E-state index contributed by atoms with van der Waals surface area (Å²) in [6, 6.07) is 7.74. The Morgan fingerprint density at radius 3 is 2.52 bits per heavy atom. The maximum Gasteiger partial charge on any atom is 0.307 e. The number of aliphatic carboxylic acids is 1. The van der Waals surface area contributed by atoms with Crippen molar-refractivity contribution in [2.24, 2.45) is 5.92 Å². The molecule has 0 aliphatic carbocycles. The lowest BCUT2D eigenvalue weighted by molar-refractivity contribution is -0.146. The van der Waals surface area contributed by atoms with Gasteiger partial charge in [0.15, 0.2) is 0 Å². The van der Waals surface area contributed by atoms with E-state index in [1.807, 2.05) is 31.2 Å². The molecular formula is C16H23NO4. The smallest absolute Gasteiger partial charge is 0.307 e. The summed E-state index contributed by atoms with van der Waals surface area (Å²) in [4.78, 5) is 23.0. The molecule has 5 nitrogen and oxygen atoms in total. The fourth-order valence-electron chi connectivity index (χ4n) is 2.17. The van der Waals surface area contributed by atoms with Crippen molar-refractivity contribution in [2.75, 3.05) is 0 Å². The number of aryl methyl sites for hydroxylation is 1. The number of hydrogen-bond donors (Lipinski definition) is 3. The molecule has 21 heavy (non-hydrogen) atoms. The molecule has 1 aromatic rings. The number of rotatable bonds is 7. The Morgan fingerprint density at radius 1 is 1.33 bits per heavy atom. The van der Waals surface area contributed by atoms with Crippen LogP contribution in [0.15, 0.2) is 24.3 Å². The topological polar surface area (TPSA) is 86.6 Å². The standard InChI is InChI=1S/C16H23NO4/c1-11-5-4-6-12(7-11)10-17-14(18)8-13(15(19)20)9-16(2,3)21/h4-7,13,21H,8-10H2,1-3H3,(H,17,18)(H,19,20). The first-order valence-electron chi connectivity index (χ1n) is 6.95. The van der Waals surface area contributed by atoms with Crippen molar-refractivity contribution in [1.82, 2.24) is 5.32 Å². The van der Waals surface area contributed by atoms with Crippen LogP contribution in [-0.2, 0) is 16.1 Å². The SMILES string of the molecule is Cc1cccc(CNC(=O)CC(CC(C)(C)O)C(=O)O)c1. The minimum absolute atomic E-state index is 0.0419. The molecular weight excluding hydrogens is 270 g/mol. The molecule has 0 heterocycles. The first-order valence-corrected chi connectivity index (χ1v) is 6.95. The van der Waals surface area contributed by atoms with E-state index < -0.39 is 17.5 Å². The van der Waals surface area contributed by atoms with Crippen molar-refractivity contribution in [3.05, 3.63) is 35.4 Å². The molecule has 1 amide bonds. The van der Waals surface area contributed by atoms with Crippen molar-refractivity contribution in [2.45, 2.75) is 45.8 Å². The second-order valence-corrected chi connectivity index (χ2v) is 6.02. The summed E-state index contributed by atoms with van der Waals surface area (Å²) in [6.07, 6.45) is -0.0919. The number of carboxylic acid groups (broad SMARTS) is 1. The molecule has 1 aromatic carbocycles. The van der Waals surface area contributed by atoms with Crippen molar-refractivity contribution in [3.8, 4) is 0 Å². The summed E-state index contributed by atoms with van der Waals surface area (Å²) in [5.74, 6) is -2.28. The van der Waals surface area contributed by atoms with Gasteiger partial charge in [-0.3, -0.25) is 9.59 Å². The fraction of sp³-hybridized carbons (Fsp3) is 0.500. The fourth-order valence-corrected chi connectivity index (χ4v) is 2.17. The molecule has 1 unspecified atom stereocenters. The molecule has 0 aromatic heterocycles. The van der Waals surface area contributed by atoms with Crippen molar-refractivity contribution >= 4 is 11.9 Å². The third-order valence-corrected chi connectivity index (χ3v) is 3.10. The summed E-state index contributed by atoms with van der Waals surface area (Å²) < 4.78 is 0. The molecule has 0 spiro atoms. The number of benzene rings is 1. The quantitative estimate of drug-likeness (QED) is 0.716. The lowest BCUT2D eigenvalue weighted by atomic mass is 9.91. The lowest BCUT2D eigenvalue weighted by Gasteiger charge is -2.21. The Balaban J connectivity index is 2.53. The van der Waals surface area contributed by atoms with Crippen LogP contribution in [0.5, 0.6) is 0 Å². The van der Waals surface area contributed by atoms with Gasteiger partial charge in [0, 0.05) is 13.0 Å². The number of aliphatic hydroxyl groups is 1. The minimum Gasteiger partial charge on any atom is -0.481 e. The van der Waals surface area contributed by atoms with Crippen LogP contribution in [-0.4, -0.2) is 27.7 Å². The highest BCUT2D eigenvalue weighted by atomic mass is 16.4. The highest BCUT2D eigenvalue weighted by molar-refractivity contribution is 5.82. The normalized spacial score (nSPS) is 12.8. The third-order valence-electron chi connectivity index (χ3n) is 3.10. The number of carboxylic acids is 1. The molecule has 0 aliphatic rings. The molecule has 0 aliphatic heterocycles. The van der Waals surface area contributed by atoms with E-state index in [0.29, 0.717) is 6.54 Å². The molecule has 0 saturated heterocycles. The van der Waals surface area contributed by atoms with Crippen LogP contribution in [0.1, 0.15) is 37.8 Å². The van der Waals surface area contributed by atoms with E-state index in [4.69, 9.17) is 5.11 Å². The van der Waals surface area contributed by atoms with Gasteiger partial charge in [0.25, 0.3) is 0 Å². The number of carbonyl (C=O) groups is 2. The minimum atomic E-state index is -1.11. The summed E-state index contributed by atoms with van der Waals surface area (Å²) in [6.45, 7) is 5.41. The molecule has 5 heteroatoms. The lowest BCUT2D eigenvalue weighted by Crippen LogP contribution is -2.32. The maximum atomic E-state index is 11.8. The van der Waals surface area contributed by atoms with Crippen molar-refractivity contribution in [3.63, 3.8) is 0 Å². The van der Waals surface area contributed by atoms with E-state index in [1.54, 1.807) is 0 Å². The second kappa shape index (κ2) is 7.22. The Morgan fingerprint density at radius 2 is 2.00 bits per heavy atom. The van der Waals surface area contributed by atoms with E-state index in [9.17, 15) is 14.7 Å². The Hall–Kier alpha value is -1.88. The van der Waals surface area contributed by atoms with E-state index in [2.05, 4.69) is 5.32 Å². The van der Waals surface area contributed by atoms with Crippen molar-refractivity contribution in [1.29, 1.82) is 0 Å². The predicted octanol–water partition coefficient (Wildman–Crippen LogP) is 1.86. The van der Waals surface area contributed by atoms with Gasteiger partial charge in [-0.2, -0.15) is 0 Å². The van der Waals surface area contributed by atoms with Gasteiger partial charge in [-0.25, -0.2) is 0 Å². The van der Waals surface area contributed by atoms with Gasteiger partial charge >= 0.3 is 5.97 Å².